The van der Waals surface area contributed by atoms with Crippen LogP contribution in [-0.4, -0.2) is 53.7 Å². The van der Waals surface area contributed by atoms with Crippen LogP contribution in [0, 0.1) is 0 Å². The molecule has 0 radical (unpaired) electrons. The Bertz CT molecular complexity index is 432. The van der Waals surface area contributed by atoms with Crippen LogP contribution in [0.15, 0.2) is 42.5 Å². The molecule has 20 heavy (non-hydrogen) atoms. The van der Waals surface area contributed by atoms with Crippen LogP contribution < -0.4 is 0 Å². The highest BCUT2D eigenvalue weighted by atomic mass is 16.3. The molecule has 1 fully saturated rings. The predicted octanol–water partition coefficient (Wildman–Crippen LogP) is 2.30. The molecule has 2 rings (SSSR count). The number of nitrogens with zero attached hydrogens (tertiary/aromatic N) is 2. The highest BCUT2D eigenvalue weighted by Crippen LogP contribution is 2.18. The molecule has 1 aliphatic heterocycles. The summed E-state index contributed by atoms with van der Waals surface area (Å²) in [5.74, 6) is 0. The molecule has 0 spiro atoms. The summed E-state index contributed by atoms with van der Waals surface area (Å²) in [5, 5.41) is 10.3. The van der Waals surface area contributed by atoms with Crippen LogP contribution in [0.1, 0.15) is 25.5 Å². The number of rotatable bonds is 5. The quantitative estimate of drug-likeness (QED) is 0.835. The maximum absolute atomic E-state index is 10.3. The van der Waals surface area contributed by atoms with Gasteiger partial charge in [-0.3, -0.25) is 9.80 Å². The van der Waals surface area contributed by atoms with Gasteiger partial charge in [-0.2, -0.15) is 0 Å². The van der Waals surface area contributed by atoms with Gasteiger partial charge >= 0.3 is 0 Å². The van der Waals surface area contributed by atoms with E-state index in [1.807, 2.05) is 30.3 Å². The number of hydrogen-bond acceptors (Lipinski definition) is 3. The van der Waals surface area contributed by atoms with Gasteiger partial charge in [-0.1, -0.05) is 42.5 Å². The monoisotopic (exact) mass is 274 g/mol. The minimum atomic E-state index is -0.397. The lowest BCUT2D eigenvalue weighted by Crippen LogP contribution is -2.53. The molecule has 1 aromatic rings. The summed E-state index contributed by atoms with van der Waals surface area (Å²) >= 11 is 0. The van der Waals surface area contributed by atoms with Crippen molar-refractivity contribution < 1.29 is 5.11 Å². The van der Waals surface area contributed by atoms with Gasteiger partial charge < -0.3 is 5.11 Å². The SMILES string of the molecule is C=C(C)CN1CCN(CC(O)c2ccccc2)C(C)C1. The zero-order valence-corrected chi connectivity index (χ0v) is 12.6. The molecule has 2 unspecified atom stereocenters. The van der Waals surface area contributed by atoms with Crippen LogP contribution in [0.4, 0.5) is 0 Å². The van der Waals surface area contributed by atoms with Gasteiger partial charge in [-0.05, 0) is 19.4 Å². The molecular formula is C17H26N2O. The Morgan fingerprint density at radius 1 is 1.35 bits per heavy atom. The van der Waals surface area contributed by atoms with Crippen LogP contribution in [0.5, 0.6) is 0 Å². The molecule has 1 N–H and O–H groups in total. The van der Waals surface area contributed by atoms with Gasteiger partial charge in [0.15, 0.2) is 0 Å². The van der Waals surface area contributed by atoms with Gasteiger partial charge in [-0.25, -0.2) is 0 Å². The molecule has 0 bridgehead atoms. The summed E-state index contributed by atoms with van der Waals surface area (Å²) in [6, 6.07) is 10.4. The second-order valence-corrected chi connectivity index (χ2v) is 5.96. The second kappa shape index (κ2) is 7.02. The molecule has 3 nitrogen and oxygen atoms in total. The Hall–Kier alpha value is -1.16. The first kappa shape index (κ1) is 15.2. The third-order valence-corrected chi connectivity index (χ3v) is 3.93. The van der Waals surface area contributed by atoms with Crippen molar-refractivity contribution in [1.29, 1.82) is 0 Å². The van der Waals surface area contributed by atoms with Gasteiger partial charge in [-0.15, -0.1) is 0 Å². The Balaban J connectivity index is 1.87. The number of benzene rings is 1. The molecule has 1 aliphatic rings. The molecule has 2 atom stereocenters. The molecule has 110 valence electrons. The average molecular weight is 274 g/mol. The fourth-order valence-electron chi connectivity index (χ4n) is 2.87. The summed E-state index contributed by atoms with van der Waals surface area (Å²) < 4.78 is 0. The highest BCUT2D eigenvalue weighted by Gasteiger charge is 2.25. The van der Waals surface area contributed by atoms with Gasteiger partial charge in [0.1, 0.15) is 0 Å². The summed E-state index contributed by atoms with van der Waals surface area (Å²) in [7, 11) is 0. The topological polar surface area (TPSA) is 26.7 Å². The van der Waals surface area contributed by atoms with Crippen molar-refractivity contribution in [3.8, 4) is 0 Å². The lowest BCUT2D eigenvalue weighted by Gasteiger charge is -2.40. The van der Waals surface area contributed by atoms with Crippen molar-refractivity contribution in [3.63, 3.8) is 0 Å². The lowest BCUT2D eigenvalue weighted by molar-refractivity contribution is 0.0420. The van der Waals surface area contributed by atoms with E-state index in [2.05, 4.69) is 30.2 Å². The Morgan fingerprint density at radius 3 is 2.65 bits per heavy atom. The number of piperazine rings is 1. The standard InChI is InChI=1S/C17H26N2O/c1-14(2)11-18-9-10-19(15(3)12-18)13-17(20)16-7-5-4-6-8-16/h4-8,15,17,20H,1,9-13H2,2-3H3. The van der Waals surface area contributed by atoms with Crippen molar-refractivity contribution in [2.75, 3.05) is 32.7 Å². The van der Waals surface area contributed by atoms with E-state index in [1.54, 1.807) is 0 Å². The smallest absolute Gasteiger partial charge is 0.0917 e. The van der Waals surface area contributed by atoms with E-state index in [-0.39, 0.29) is 0 Å². The van der Waals surface area contributed by atoms with E-state index >= 15 is 0 Å². The van der Waals surface area contributed by atoms with E-state index in [9.17, 15) is 5.11 Å². The molecule has 1 saturated heterocycles. The number of β-amino-alcohol motifs (C(OH)–C–C–N with tert-alkyl or cyclic N) is 1. The summed E-state index contributed by atoms with van der Waals surface area (Å²) in [6.45, 7) is 13.1. The molecule has 0 aliphatic carbocycles. The Morgan fingerprint density at radius 2 is 2.05 bits per heavy atom. The van der Waals surface area contributed by atoms with Crippen LogP contribution in [-0.2, 0) is 0 Å². The van der Waals surface area contributed by atoms with Crippen molar-refractivity contribution in [3.05, 3.63) is 48.0 Å². The molecule has 1 heterocycles. The molecule has 3 heteroatoms. The van der Waals surface area contributed by atoms with Crippen LogP contribution in [0.25, 0.3) is 0 Å². The maximum Gasteiger partial charge on any atom is 0.0917 e. The minimum absolute atomic E-state index is 0.397. The van der Waals surface area contributed by atoms with E-state index in [1.165, 1.54) is 5.57 Å². The Kier molecular flexibility index (Phi) is 5.35. The van der Waals surface area contributed by atoms with Crippen LogP contribution in [0.2, 0.25) is 0 Å². The largest absolute Gasteiger partial charge is 0.387 e. The van der Waals surface area contributed by atoms with Crippen molar-refractivity contribution >= 4 is 0 Å². The average Bonchev–Trinajstić information content (AvgIpc) is 2.42. The summed E-state index contributed by atoms with van der Waals surface area (Å²) in [6.07, 6.45) is -0.397. The zero-order chi connectivity index (χ0) is 14.5. The van der Waals surface area contributed by atoms with Crippen molar-refractivity contribution in [2.45, 2.75) is 26.0 Å². The first-order valence-corrected chi connectivity index (χ1v) is 7.40. The molecule has 0 amide bonds. The van der Waals surface area contributed by atoms with Crippen LogP contribution >= 0.6 is 0 Å². The lowest BCUT2D eigenvalue weighted by atomic mass is 10.1. The van der Waals surface area contributed by atoms with E-state index < -0.39 is 6.10 Å². The number of hydrogen-bond donors (Lipinski definition) is 1. The summed E-state index contributed by atoms with van der Waals surface area (Å²) in [4.78, 5) is 4.82. The van der Waals surface area contributed by atoms with Gasteiger partial charge in [0.05, 0.1) is 6.10 Å². The highest BCUT2D eigenvalue weighted by molar-refractivity contribution is 5.17. The first-order chi connectivity index (χ1) is 9.56. The predicted molar refractivity (Wildman–Crippen MR) is 83.7 cm³/mol. The number of aliphatic hydroxyl groups is 1. The molecular weight excluding hydrogens is 248 g/mol. The van der Waals surface area contributed by atoms with E-state index in [0.717, 1.165) is 31.7 Å². The first-order valence-electron chi connectivity index (χ1n) is 7.40. The second-order valence-electron chi connectivity index (χ2n) is 5.96. The molecule has 1 aromatic carbocycles. The van der Waals surface area contributed by atoms with Gasteiger partial charge in [0, 0.05) is 38.8 Å². The third kappa shape index (κ3) is 4.17. The van der Waals surface area contributed by atoms with Crippen molar-refractivity contribution in [1.82, 2.24) is 9.80 Å². The van der Waals surface area contributed by atoms with Gasteiger partial charge in [0.2, 0.25) is 0 Å². The fourth-order valence-corrected chi connectivity index (χ4v) is 2.87. The van der Waals surface area contributed by atoms with Crippen molar-refractivity contribution in [2.24, 2.45) is 0 Å². The molecule has 0 saturated carbocycles. The zero-order valence-electron chi connectivity index (χ0n) is 12.6. The normalized spacial score (nSPS) is 22.6. The third-order valence-electron chi connectivity index (χ3n) is 3.93. The van der Waals surface area contributed by atoms with Gasteiger partial charge in [0.25, 0.3) is 0 Å². The van der Waals surface area contributed by atoms with E-state index in [4.69, 9.17) is 0 Å². The fraction of sp³-hybridized carbons (Fsp3) is 0.529. The summed E-state index contributed by atoms with van der Waals surface area (Å²) in [5.41, 5.74) is 2.22. The minimum Gasteiger partial charge on any atom is -0.387 e. The maximum atomic E-state index is 10.3. The Labute approximate surface area is 122 Å². The molecule has 0 aromatic heterocycles. The van der Waals surface area contributed by atoms with E-state index in [0.29, 0.717) is 12.6 Å². The van der Waals surface area contributed by atoms with Crippen LogP contribution in [0.3, 0.4) is 0 Å². The number of aliphatic hydroxyl groups excluding tert-OH is 1.